The molecule has 3 heterocycles. The predicted molar refractivity (Wildman–Crippen MR) is 227 cm³/mol. The van der Waals surface area contributed by atoms with E-state index in [1.54, 1.807) is 0 Å². The first-order valence-corrected chi connectivity index (χ1v) is 29.9. The third kappa shape index (κ3) is 27.0. The summed E-state index contributed by atoms with van der Waals surface area (Å²) in [5.41, 5.74) is -37.2. The third-order valence-electron chi connectivity index (χ3n) is 10.2. The van der Waals surface area contributed by atoms with Crippen LogP contribution in [-0.2, 0) is 74.4 Å². The molecule has 0 aromatic rings. The minimum Gasteiger partial charge on any atom is -0.421 e. The van der Waals surface area contributed by atoms with Crippen LogP contribution in [0.2, 0.25) is 0 Å². The van der Waals surface area contributed by atoms with Gasteiger partial charge in [0.1, 0.15) is 26.2 Å². The molecule has 0 aromatic heterocycles. The first-order valence-electron chi connectivity index (χ1n) is 21.2. The number of alkyl halides is 18. The van der Waals surface area contributed by atoms with Crippen LogP contribution in [0.5, 0.6) is 0 Å². The van der Waals surface area contributed by atoms with Crippen molar-refractivity contribution in [2.75, 3.05) is 105 Å². The first-order chi connectivity index (χ1) is 33.9. The second-order valence-electron chi connectivity index (χ2n) is 15.6. The Morgan fingerprint density at radius 3 is 0.776 bits per heavy atom. The van der Waals surface area contributed by atoms with Gasteiger partial charge in [0, 0.05) is 13.2 Å². The fraction of sp³-hybridized carbons (Fsp3) is 1.00. The van der Waals surface area contributed by atoms with E-state index in [1.165, 1.54) is 119 Å². The Bertz CT molecular complexity index is 2030. The van der Waals surface area contributed by atoms with Gasteiger partial charge in [-0.3, -0.25) is 0 Å². The summed E-state index contributed by atoms with van der Waals surface area (Å²) in [4.78, 5) is 0. The van der Waals surface area contributed by atoms with Crippen LogP contribution in [0.15, 0.2) is 0 Å². The molecule has 45 heteroatoms. The fourth-order valence-corrected chi connectivity index (χ4v) is 10.9. The molecule has 0 atom stereocenters. The summed E-state index contributed by atoms with van der Waals surface area (Å²) in [6.07, 6.45) is 9.32. The van der Waals surface area contributed by atoms with Gasteiger partial charge in [-0.1, -0.05) is 0 Å². The van der Waals surface area contributed by atoms with Crippen LogP contribution in [0.25, 0.3) is 12.4 Å². The first kappa shape index (κ1) is 76.1. The number of likely N-dealkylation sites (N-methyl/N-ethyl adjacent to an activating group) is 2. The number of nitrogens with zero attached hydrogens (tertiary/aromatic N) is 5. The molecular formula is C31H54F18N6O15S6. The third-order valence-corrected chi connectivity index (χ3v) is 18.4. The number of hydrogen-bond donors (Lipinski definition) is 1. The summed E-state index contributed by atoms with van der Waals surface area (Å²) in [6, 6.07) is 0. The zero-order valence-electron chi connectivity index (χ0n) is 39.5. The molecule has 0 aromatic carbocycles. The molecule has 3 aliphatic rings. The molecule has 0 bridgehead atoms. The van der Waals surface area contributed by atoms with Crippen molar-refractivity contribution in [2.45, 2.75) is 91.8 Å². The Balaban J connectivity index is 0. The zero-order chi connectivity index (χ0) is 60.2. The lowest BCUT2D eigenvalue weighted by Gasteiger charge is -2.40. The van der Waals surface area contributed by atoms with E-state index in [0.29, 0.717) is 0 Å². The van der Waals surface area contributed by atoms with E-state index in [4.69, 9.17) is 14.2 Å². The molecule has 76 heavy (non-hydrogen) atoms. The van der Waals surface area contributed by atoms with Gasteiger partial charge >= 0.3 is 33.0 Å². The van der Waals surface area contributed by atoms with Gasteiger partial charge in [-0.05, 0) is 58.8 Å². The SMILES string of the molecule is C1CC[NH2+]CC1.CC[N+]1(CCCCOCCCC[N+]2(CC)CCOCC2)CCOCC1.O=S(=O)([N-]S(=O)(=O)C(F)(F)F)C(F)(F)F.O=S(=O)([N-]S(=O)(=O)C(F)(F)F)C(F)(F)F.O=S(=O)([N-]S(=O)(=O)C(F)(F)F)C(F)(F)F. The lowest BCUT2D eigenvalue weighted by molar-refractivity contribution is -0.933. The Morgan fingerprint density at radius 2 is 0.618 bits per heavy atom. The average Bonchev–Trinajstić information content (AvgIpc) is 3.24. The van der Waals surface area contributed by atoms with Crippen LogP contribution in [0, 0.1) is 0 Å². The number of sulfonamides is 6. The maximum Gasteiger partial charge on any atom is 0.480 e. The lowest BCUT2D eigenvalue weighted by atomic mass is 10.2. The summed E-state index contributed by atoms with van der Waals surface area (Å²) in [7, 11) is -40.3. The minimum atomic E-state index is -6.72. The smallest absolute Gasteiger partial charge is 0.421 e. The molecule has 0 amide bonds. The van der Waals surface area contributed by atoms with E-state index >= 15 is 0 Å². The summed E-state index contributed by atoms with van der Waals surface area (Å²) in [5.74, 6) is 0. The largest absolute Gasteiger partial charge is 0.480 e. The summed E-state index contributed by atoms with van der Waals surface area (Å²) in [6.45, 7) is 22.9. The normalized spacial score (nSPS) is 18.5. The van der Waals surface area contributed by atoms with Crippen LogP contribution in [0.4, 0.5) is 79.0 Å². The van der Waals surface area contributed by atoms with Crippen LogP contribution in [-0.4, -0.2) is 198 Å². The summed E-state index contributed by atoms with van der Waals surface area (Å²) >= 11 is 0. The van der Waals surface area contributed by atoms with Gasteiger partial charge < -0.3 is 40.9 Å². The van der Waals surface area contributed by atoms with Gasteiger partial charge in [0.25, 0.3) is 0 Å². The zero-order valence-corrected chi connectivity index (χ0v) is 44.4. The number of ether oxygens (including phenoxy) is 3. The predicted octanol–water partition coefficient (Wildman–Crippen LogP) is 5.21. The highest BCUT2D eigenvalue weighted by molar-refractivity contribution is 8.14. The van der Waals surface area contributed by atoms with Crippen molar-refractivity contribution >= 4 is 60.1 Å². The van der Waals surface area contributed by atoms with Crippen LogP contribution < -0.4 is 5.32 Å². The number of unbranched alkanes of at least 4 members (excludes halogenated alkanes) is 2. The van der Waals surface area contributed by atoms with Crippen molar-refractivity contribution in [3.63, 3.8) is 0 Å². The average molecular weight is 1290 g/mol. The van der Waals surface area contributed by atoms with E-state index in [-0.39, 0.29) is 0 Å². The van der Waals surface area contributed by atoms with E-state index < -0.39 is 93.2 Å². The van der Waals surface area contributed by atoms with E-state index in [9.17, 15) is 130 Å². The van der Waals surface area contributed by atoms with Gasteiger partial charge in [0.05, 0.1) is 65.7 Å². The van der Waals surface area contributed by atoms with Crippen molar-refractivity contribution in [1.82, 2.24) is 0 Å². The topological polar surface area (TPSA) is 291 Å². The van der Waals surface area contributed by atoms with Gasteiger partial charge in [-0.15, -0.1) is 0 Å². The molecule has 3 fully saturated rings. The fourth-order valence-electron chi connectivity index (χ4n) is 5.80. The van der Waals surface area contributed by atoms with Gasteiger partial charge in [-0.2, -0.15) is 79.0 Å². The van der Waals surface area contributed by atoms with Crippen LogP contribution >= 0.6 is 0 Å². The highest BCUT2D eigenvalue weighted by Crippen LogP contribution is 2.38. The molecule has 0 aliphatic carbocycles. The number of piperidine rings is 1. The Labute approximate surface area is 426 Å². The molecule has 3 rings (SSSR count). The molecule has 0 unspecified atom stereocenters. The number of quaternary nitrogens is 3. The Morgan fingerprint density at radius 1 is 0.395 bits per heavy atom. The molecule has 3 saturated heterocycles. The number of hydrogen-bond acceptors (Lipinski definition) is 15. The van der Waals surface area contributed by atoms with Crippen molar-refractivity contribution in [2.24, 2.45) is 0 Å². The highest BCUT2D eigenvalue weighted by Gasteiger charge is 2.49. The minimum absolute atomic E-state index is 0.778. The Kier molecular flexibility index (Phi) is 30.3. The number of halogens is 18. The molecule has 460 valence electrons. The highest BCUT2D eigenvalue weighted by atomic mass is 32.3. The maximum atomic E-state index is 11.4. The molecule has 2 N–H and O–H groups in total. The van der Waals surface area contributed by atoms with Crippen molar-refractivity contribution in [3.05, 3.63) is 12.4 Å². The maximum absolute atomic E-state index is 11.4. The van der Waals surface area contributed by atoms with Crippen molar-refractivity contribution < 1.29 is 158 Å². The molecule has 21 nitrogen and oxygen atoms in total. The van der Waals surface area contributed by atoms with Gasteiger partial charge in [0.15, 0.2) is 60.1 Å². The molecule has 0 spiro atoms. The quantitative estimate of drug-likeness (QED) is 0.105. The number of rotatable bonds is 18. The van der Waals surface area contributed by atoms with E-state index in [0.717, 1.165) is 52.0 Å². The van der Waals surface area contributed by atoms with Gasteiger partial charge in [-0.25, -0.2) is 50.5 Å². The second-order valence-corrected chi connectivity index (χ2v) is 25.9. The second kappa shape index (κ2) is 30.2. The molecular weight excluding hydrogens is 1230 g/mol. The van der Waals surface area contributed by atoms with Crippen LogP contribution in [0.3, 0.4) is 0 Å². The summed E-state index contributed by atoms with van der Waals surface area (Å²) in [5, 5.41) is 2.39. The number of nitrogens with two attached hydrogens (primary N) is 1. The monoisotopic (exact) mass is 1280 g/mol. The van der Waals surface area contributed by atoms with Crippen LogP contribution in [0.1, 0.15) is 58.8 Å². The van der Waals surface area contributed by atoms with E-state index in [2.05, 4.69) is 19.2 Å². The lowest BCUT2D eigenvalue weighted by Crippen LogP contribution is -2.85. The van der Waals surface area contributed by atoms with E-state index in [1.807, 2.05) is 0 Å². The van der Waals surface area contributed by atoms with Gasteiger partial charge in [0.2, 0.25) is 0 Å². The van der Waals surface area contributed by atoms with Crippen molar-refractivity contribution in [1.29, 1.82) is 0 Å². The summed E-state index contributed by atoms with van der Waals surface area (Å²) < 4.78 is 347. The molecule has 0 radical (unpaired) electrons. The molecule has 0 saturated carbocycles. The Hall–Kier alpha value is -1.92. The van der Waals surface area contributed by atoms with Crippen molar-refractivity contribution in [3.8, 4) is 0 Å². The molecule has 3 aliphatic heterocycles. The standard InChI is InChI=1S/C20H42N2O3.C5H11N.3C2F6NO4S2/c1-3-21(11-17-24-18-12-21)9-5-7-15-23-16-8-6-10-22(4-2)13-19-25-20-14-22;1-2-4-6-5-3-1;3*3-1(4,5)14(10,11)9-15(12,13)2(6,7)8/h3-20H2,1-2H3;6H,1-5H2;;;/q+2;;3*-1/p+1. The number of morpholine rings is 2.